The Hall–Kier alpha value is 1.45. The second-order valence-corrected chi connectivity index (χ2v) is 0. The second-order valence-electron chi connectivity index (χ2n) is 0. The van der Waals surface area contributed by atoms with Crippen LogP contribution in [0.25, 0.3) is 0 Å². The van der Waals surface area contributed by atoms with Gasteiger partial charge in [-0.05, 0) is 0 Å². The molecule has 0 amide bonds. The molecule has 0 aromatic rings. The molecule has 0 unspecified atom stereocenters. The zero-order chi connectivity index (χ0) is 0. The fraction of sp³-hybridized carbons (Fsp3) is 0. The van der Waals surface area contributed by atoms with Crippen molar-refractivity contribution in [1.29, 1.82) is 0 Å². The zero-order valence-electron chi connectivity index (χ0n) is 1.99. The molecule has 0 atom stereocenters. The third-order valence-corrected chi connectivity index (χ3v) is 0. The van der Waals surface area contributed by atoms with Crippen molar-refractivity contribution in [2.45, 2.75) is 0 Å². The van der Waals surface area contributed by atoms with E-state index in [-0.39, 0.29) is 62.2 Å². The maximum Gasteiger partial charge on any atom is 0 e. The molecular weight excluding hydrogens is 223 g/mol. The Morgan fingerprint density at radius 2 is 0.600 bits per heavy atom. The van der Waals surface area contributed by atoms with Gasteiger partial charge in [-0.2, -0.15) is 0 Å². The van der Waals surface area contributed by atoms with Crippen LogP contribution in [0.5, 0.6) is 0 Å². The molecule has 5 heteroatoms. The minimum absolute atomic E-state index is 0. The monoisotopic (exact) mass is 225 g/mol. The van der Waals surface area contributed by atoms with Gasteiger partial charge >= 0.3 is 0 Å². The topological polar surface area (TPSA) is 31.5 Å². The fourth-order valence-electron chi connectivity index (χ4n) is 0. The maximum absolute atomic E-state index is 0. The summed E-state index contributed by atoms with van der Waals surface area (Å²) >= 11 is 0. The first kappa shape index (κ1) is 90.9. The molecule has 0 aromatic carbocycles. The van der Waals surface area contributed by atoms with E-state index in [0.717, 1.165) is 0 Å². The Bertz CT molecular complexity index is 6.85. The normalized spacial score (nSPS) is 0. The predicted octanol–water partition coefficient (Wildman–Crippen LogP) is -9.82. The van der Waals surface area contributed by atoms with Gasteiger partial charge in [-0.1, -0.05) is 0 Å². The SMILES string of the molecule is O.[Cl-].[Cl-].[Cl-].[Ru]. The maximum atomic E-state index is 0. The van der Waals surface area contributed by atoms with E-state index in [1.807, 2.05) is 0 Å². The van der Waals surface area contributed by atoms with Crippen LogP contribution < -0.4 is 37.2 Å². The molecule has 2 N–H and O–H groups in total. The Kier molecular flexibility index (Phi) is 930. The summed E-state index contributed by atoms with van der Waals surface area (Å²) in [6, 6.07) is 0. The number of hydrogen-bond donors (Lipinski definition) is 0. The summed E-state index contributed by atoms with van der Waals surface area (Å²) in [5.74, 6) is 0. The van der Waals surface area contributed by atoms with Gasteiger partial charge in [0.1, 0.15) is 0 Å². The molecule has 0 saturated heterocycles. The summed E-state index contributed by atoms with van der Waals surface area (Å²) in [6.45, 7) is 0. The van der Waals surface area contributed by atoms with Gasteiger partial charge in [0.2, 0.25) is 0 Å². The molecule has 40 valence electrons. The summed E-state index contributed by atoms with van der Waals surface area (Å²) in [5, 5.41) is 0. The van der Waals surface area contributed by atoms with Gasteiger partial charge in [-0.15, -0.1) is 0 Å². The van der Waals surface area contributed by atoms with Crippen molar-refractivity contribution >= 4 is 0 Å². The number of rotatable bonds is 0. The molecule has 0 aliphatic rings. The Morgan fingerprint density at radius 1 is 0.600 bits per heavy atom. The van der Waals surface area contributed by atoms with Crippen molar-refractivity contribution in [2.75, 3.05) is 0 Å². The second kappa shape index (κ2) is 51.2. The third kappa shape index (κ3) is 30.8. The summed E-state index contributed by atoms with van der Waals surface area (Å²) in [4.78, 5) is 0. The Labute approximate surface area is 62.2 Å². The van der Waals surface area contributed by atoms with E-state index in [2.05, 4.69) is 0 Å². The van der Waals surface area contributed by atoms with Crippen LogP contribution in [0.15, 0.2) is 0 Å². The van der Waals surface area contributed by atoms with Crippen molar-refractivity contribution in [3.63, 3.8) is 0 Å². The first-order chi connectivity index (χ1) is 0. The largest absolute Gasteiger partial charge is 1.00 e. The number of halogens is 3. The molecule has 0 aliphatic heterocycles. The molecule has 1 nitrogen and oxygen atoms in total. The average molecular weight is 225 g/mol. The van der Waals surface area contributed by atoms with E-state index in [1.165, 1.54) is 0 Å². The van der Waals surface area contributed by atoms with Gasteiger partial charge in [-0.25, -0.2) is 0 Å². The van der Waals surface area contributed by atoms with Crippen molar-refractivity contribution < 1.29 is 62.2 Å². The van der Waals surface area contributed by atoms with Gasteiger partial charge in [0.15, 0.2) is 0 Å². The Morgan fingerprint density at radius 3 is 0.600 bits per heavy atom. The molecule has 0 spiro atoms. The minimum atomic E-state index is 0. The van der Waals surface area contributed by atoms with Crippen molar-refractivity contribution in [1.82, 2.24) is 0 Å². The molecular formula is H2Cl3ORu-3. The van der Waals surface area contributed by atoms with Crippen LogP contribution in [0.1, 0.15) is 0 Å². The van der Waals surface area contributed by atoms with Crippen LogP contribution in [0, 0.1) is 0 Å². The molecule has 0 heterocycles. The van der Waals surface area contributed by atoms with Gasteiger partial charge < -0.3 is 42.7 Å². The van der Waals surface area contributed by atoms with E-state index in [9.17, 15) is 0 Å². The quantitative estimate of drug-likeness (QED) is 0.367. The molecule has 0 radical (unpaired) electrons. The van der Waals surface area contributed by atoms with E-state index >= 15 is 0 Å². The van der Waals surface area contributed by atoms with E-state index in [1.54, 1.807) is 0 Å². The standard InChI is InChI=1S/3ClH.H2O.Ru/h3*1H;1H2;/p-3. The summed E-state index contributed by atoms with van der Waals surface area (Å²) in [6.07, 6.45) is 0. The van der Waals surface area contributed by atoms with Crippen molar-refractivity contribution in [3.05, 3.63) is 0 Å². The van der Waals surface area contributed by atoms with Gasteiger partial charge in [0.05, 0.1) is 0 Å². The van der Waals surface area contributed by atoms with Crippen LogP contribution in [-0.4, -0.2) is 5.48 Å². The molecule has 0 fully saturated rings. The van der Waals surface area contributed by atoms with Crippen LogP contribution in [0.4, 0.5) is 0 Å². The van der Waals surface area contributed by atoms with Crippen molar-refractivity contribution in [3.8, 4) is 0 Å². The number of hydrogen-bond acceptors (Lipinski definition) is 0. The van der Waals surface area contributed by atoms with Gasteiger partial charge in [-0.3, -0.25) is 0 Å². The smallest absolute Gasteiger partial charge is 0 e. The molecule has 0 aliphatic carbocycles. The van der Waals surface area contributed by atoms with Crippen LogP contribution >= 0.6 is 0 Å². The summed E-state index contributed by atoms with van der Waals surface area (Å²) < 4.78 is 0. The molecule has 0 aromatic heterocycles. The predicted molar refractivity (Wildman–Crippen MR) is 3.61 cm³/mol. The van der Waals surface area contributed by atoms with Crippen LogP contribution in [0.3, 0.4) is 0 Å². The summed E-state index contributed by atoms with van der Waals surface area (Å²) in [5.41, 5.74) is 0. The first-order valence-electron chi connectivity index (χ1n) is 0. The average Bonchev–Trinajstić information content (AvgIpc) is 0. The molecule has 0 bridgehead atoms. The molecule has 5 heavy (non-hydrogen) atoms. The van der Waals surface area contributed by atoms with Crippen LogP contribution in [0.2, 0.25) is 0 Å². The van der Waals surface area contributed by atoms with Gasteiger partial charge in [0, 0.05) is 19.5 Å². The zero-order valence-corrected chi connectivity index (χ0v) is 5.99. The Balaban J connectivity index is 0. The van der Waals surface area contributed by atoms with Crippen molar-refractivity contribution in [2.24, 2.45) is 0 Å². The van der Waals surface area contributed by atoms with E-state index in [0.29, 0.717) is 0 Å². The minimum Gasteiger partial charge on any atom is -1.00 e. The van der Waals surface area contributed by atoms with E-state index in [4.69, 9.17) is 0 Å². The summed E-state index contributed by atoms with van der Waals surface area (Å²) in [7, 11) is 0. The molecule has 0 rings (SSSR count). The van der Waals surface area contributed by atoms with Gasteiger partial charge in [0.25, 0.3) is 0 Å². The van der Waals surface area contributed by atoms with E-state index < -0.39 is 0 Å². The fourth-order valence-corrected chi connectivity index (χ4v) is 0. The molecule has 0 saturated carbocycles. The van der Waals surface area contributed by atoms with Crippen LogP contribution in [-0.2, 0) is 19.5 Å². The third-order valence-electron chi connectivity index (χ3n) is 0. The first-order valence-corrected chi connectivity index (χ1v) is 0.